The smallest absolute Gasteiger partial charge is 0.238 e. The molecule has 0 unspecified atom stereocenters. The summed E-state index contributed by atoms with van der Waals surface area (Å²) in [4.78, 5) is 45.4. The van der Waals surface area contributed by atoms with Gasteiger partial charge in [-0.3, -0.25) is 14.4 Å². The molecule has 6 heteroatoms. The Bertz CT molecular complexity index is 1520. The highest BCUT2D eigenvalue weighted by Gasteiger charge is 2.71. The topological polar surface area (TPSA) is 75.7 Å². The van der Waals surface area contributed by atoms with Crippen LogP contribution in [0.2, 0.25) is 0 Å². The highest BCUT2D eigenvalue weighted by molar-refractivity contribution is 6.16. The Morgan fingerprint density at radius 1 is 0.947 bits per heavy atom. The molecule has 1 fully saturated rings. The molecular weight excluding hydrogens is 476 g/mol. The minimum absolute atomic E-state index is 0.0890. The van der Waals surface area contributed by atoms with Crippen LogP contribution in [0.4, 0.5) is 5.69 Å². The van der Waals surface area contributed by atoms with E-state index in [1.807, 2.05) is 86.5 Å². The molecule has 6 nitrogen and oxygen atoms in total. The number of ether oxygens (including phenoxy) is 1. The second kappa shape index (κ2) is 8.42. The second-order valence-corrected chi connectivity index (χ2v) is 11.3. The summed E-state index contributed by atoms with van der Waals surface area (Å²) in [7, 11) is 1.52. The molecule has 0 radical (unpaired) electrons. The third kappa shape index (κ3) is 3.16. The number of amides is 1. The van der Waals surface area contributed by atoms with Gasteiger partial charge < -0.3 is 15.0 Å². The Labute approximate surface area is 222 Å². The minimum atomic E-state index is -1.33. The van der Waals surface area contributed by atoms with Crippen molar-refractivity contribution in [3.63, 3.8) is 0 Å². The molecule has 4 atom stereocenters. The van der Waals surface area contributed by atoms with Crippen molar-refractivity contribution in [2.24, 2.45) is 11.3 Å². The molecule has 0 aliphatic carbocycles. The van der Waals surface area contributed by atoms with Gasteiger partial charge in [0.1, 0.15) is 11.2 Å². The van der Waals surface area contributed by atoms with Crippen molar-refractivity contribution in [3.05, 3.63) is 101 Å². The standard InChI is InChI=1S/C32H30N2O4/c1-31(2,3)29(36)26-25(27(35)21-13-7-10-16-24(21)38-4)32(22-14-8-9-15-23(22)33-30(32)37)28-20-12-6-5-11-19(20)17-18-34(26)28/h5-18,25-26,28H,1-4H3,(H,33,37)/t25-,26-,28+,32+/m0/s1. The molecule has 38 heavy (non-hydrogen) atoms. The molecule has 3 aliphatic heterocycles. The third-order valence-corrected chi connectivity index (χ3v) is 8.23. The van der Waals surface area contributed by atoms with E-state index in [1.165, 1.54) is 7.11 Å². The number of carbonyl (C=O) groups is 3. The molecule has 1 spiro atoms. The molecule has 3 aliphatic rings. The van der Waals surface area contributed by atoms with Crippen LogP contribution in [-0.2, 0) is 15.0 Å². The van der Waals surface area contributed by atoms with Crippen molar-refractivity contribution in [3.8, 4) is 5.75 Å². The maximum absolute atomic E-state index is 14.8. The summed E-state index contributed by atoms with van der Waals surface area (Å²) in [5, 5.41) is 3.07. The van der Waals surface area contributed by atoms with Gasteiger partial charge >= 0.3 is 0 Å². The molecule has 1 amide bonds. The Balaban J connectivity index is 1.70. The van der Waals surface area contributed by atoms with Gasteiger partial charge in [0.25, 0.3) is 0 Å². The summed E-state index contributed by atoms with van der Waals surface area (Å²) in [5.74, 6) is -1.21. The summed E-state index contributed by atoms with van der Waals surface area (Å²) in [6.07, 6.45) is 3.87. The van der Waals surface area contributed by atoms with Gasteiger partial charge in [0, 0.05) is 17.3 Å². The van der Waals surface area contributed by atoms with Gasteiger partial charge in [0.15, 0.2) is 11.6 Å². The largest absolute Gasteiger partial charge is 0.496 e. The van der Waals surface area contributed by atoms with Crippen LogP contribution in [0, 0.1) is 11.3 Å². The summed E-state index contributed by atoms with van der Waals surface area (Å²) in [6.45, 7) is 5.60. The first kappa shape index (κ1) is 24.2. The molecule has 192 valence electrons. The number of para-hydroxylation sites is 2. The lowest BCUT2D eigenvalue weighted by molar-refractivity contribution is -0.131. The quantitative estimate of drug-likeness (QED) is 0.479. The van der Waals surface area contributed by atoms with Gasteiger partial charge in [-0.2, -0.15) is 0 Å². The average Bonchev–Trinajstić information content (AvgIpc) is 3.39. The fraction of sp³-hybridized carbons (Fsp3) is 0.281. The van der Waals surface area contributed by atoms with Crippen LogP contribution < -0.4 is 10.1 Å². The molecule has 1 N–H and O–H groups in total. The van der Waals surface area contributed by atoms with Crippen LogP contribution in [-0.4, -0.2) is 35.5 Å². The molecule has 3 aromatic carbocycles. The Morgan fingerprint density at radius 2 is 1.63 bits per heavy atom. The predicted molar refractivity (Wildman–Crippen MR) is 146 cm³/mol. The van der Waals surface area contributed by atoms with Crippen molar-refractivity contribution < 1.29 is 19.1 Å². The fourth-order valence-electron chi connectivity index (χ4n) is 6.63. The maximum Gasteiger partial charge on any atom is 0.238 e. The zero-order valence-corrected chi connectivity index (χ0v) is 21.9. The number of ketones is 2. The number of fused-ring (bicyclic) bond motifs is 6. The van der Waals surface area contributed by atoms with E-state index < -0.39 is 28.8 Å². The highest BCUT2D eigenvalue weighted by Crippen LogP contribution is 2.62. The molecule has 3 aromatic rings. The number of Topliss-reactive ketones (excluding diaryl/α,β-unsaturated/α-hetero) is 2. The molecule has 0 saturated carbocycles. The van der Waals surface area contributed by atoms with Crippen LogP contribution in [0.25, 0.3) is 6.08 Å². The number of methoxy groups -OCH3 is 1. The molecule has 0 bridgehead atoms. The van der Waals surface area contributed by atoms with E-state index in [0.29, 0.717) is 17.0 Å². The molecule has 3 heterocycles. The van der Waals surface area contributed by atoms with E-state index in [-0.39, 0.29) is 17.5 Å². The number of hydrogen-bond donors (Lipinski definition) is 1. The average molecular weight is 507 g/mol. The van der Waals surface area contributed by atoms with Crippen molar-refractivity contribution in [1.82, 2.24) is 4.90 Å². The number of nitrogens with zero attached hydrogens (tertiary/aromatic N) is 1. The highest BCUT2D eigenvalue weighted by atomic mass is 16.5. The lowest BCUT2D eigenvalue weighted by atomic mass is 9.62. The summed E-state index contributed by atoms with van der Waals surface area (Å²) in [6, 6.07) is 21.1. The normalized spacial score (nSPS) is 25.0. The van der Waals surface area contributed by atoms with Crippen molar-refractivity contribution >= 4 is 29.2 Å². The van der Waals surface area contributed by atoms with E-state index in [9.17, 15) is 14.4 Å². The van der Waals surface area contributed by atoms with Crippen LogP contribution in [0.5, 0.6) is 5.75 Å². The van der Waals surface area contributed by atoms with E-state index >= 15 is 0 Å². The van der Waals surface area contributed by atoms with Gasteiger partial charge in [-0.25, -0.2) is 0 Å². The first-order valence-electron chi connectivity index (χ1n) is 12.9. The lowest BCUT2D eigenvalue weighted by Gasteiger charge is -2.38. The Kier molecular flexibility index (Phi) is 5.35. The third-order valence-electron chi connectivity index (χ3n) is 8.23. The van der Waals surface area contributed by atoms with E-state index in [1.54, 1.807) is 24.3 Å². The Hall–Kier alpha value is -4.19. The van der Waals surface area contributed by atoms with E-state index in [4.69, 9.17) is 4.74 Å². The number of rotatable bonds is 4. The van der Waals surface area contributed by atoms with E-state index in [2.05, 4.69) is 5.32 Å². The second-order valence-electron chi connectivity index (χ2n) is 11.3. The zero-order valence-electron chi connectivity index (χ0n) is 21.9. The molecule has 1 saturated heterocycles. The molecule has 6 rings (SSSR count). The minimum Gasteiger partial charge on any atom is -0.496 e. The molecule has 0 aromatic heterocycles. The monoisotopic (exact) mass is 506 g/mol. The fourth-order valence-corrected chi connectivity index (χ4v) is 6.63. The summed E-state index contributed by atoms with van der Waals surface area (Å²) >= 11 is 0. The number of anilines is 1. The summed E-state index contributed by atoms with van der Waals surface area (Å²) in [5.41, 5.74) is 1.58. The van der Waals surface area contributed by atoms with Crippen molar-refractivity contribution in [1.29, 1.82) is 0 Å². The van der Waals surface area contributed by atoms with Gasteiger partial charge in [0.05, 0.1) is 30.7 Å². The van der Waals surface area contributed by atoms with Crippen molar-refractivity contribution in [2.45, 2.75) is 38.3 Å². The van der Waals surface area contributed by atoms with Crippen LogP contribution in [0.3, 0.4) is 0 Å². The van der Waals surface area contributed by atoms with Crippen LogP contribution in [0.1, 0.15) is 53.9 Å². The van der Waals surface area contributed by atoms with Crippen LogP contribution in [0.15, 0.2) is 79.0 Å². The first-order valence-corrected chi connectivity index (χ1v) is 12.9. The van der Waals surface area contributed by atoms with Crippen molar-refractivity contribution in [2.75, 3.05) is 12.4 Å². The van der Waals surface area contributed by atoms with Gasteiger partial charge in [-0.1, -0.05) is 75.4 Å². The number of hydrogen-bond acceptors (Lipinski definition) is 5. The maximum atomic E-state index is 14.8. The number of carbonyl (C=O) groups excluding carboxylic acids is 3. The SMILES string of the molecule is COc1ccccc1C(=O)[C@@H]1[C@@H](C(=O)C(C)(C)C)N2C=Cc3ccccc3[C@@H]2[C@]12C(=O)Nc1ccccc12. The molecular formula is C32H30N2O4. The van der Waals surface area contributed by atoms with Gasteiger partial charge in [0.2, 0.25) is 5.91 Å². The predicted octanol–water partition coefficient (Wildman–Crippen LogP) is 5.41. The van der Waals surface area contributed by atoms with Gasteiger partial charge in [-0.05, 0) is 41.0 Å². The van der Waals surface area contributed by atoms with Crippen LogP contribution >= 0.6 is 0 Å². The van der Waals surface area contributed by atoms with E-state index in [0.717, 1.165) is 16.7 Å². The lowest BCUT2D eigenvalue weighted by Crippen LogP contribution is -2.50. The Morgan fingerprint density at radius 3 is 2.39 bits per heavy atom. The first-order chi connectivity index (χ1) is 18.2. The summed E-state index contributed by atoms with van der Waals surface area (Å²) < 4.78 is 5.58. The number of nitrogens with one attached hydrogen (secondary N) is 1. The number of benzene rings is 3. The van der Waals surface area contributed by atoms with Gasteiger partial charge in [-0.15, -0.1) is 0 Å². The zero-order chi connectivity index (χ0) is 26.8.